The van der Waals surface area contributed by atoms with Crippen molar-refractivity contribution >= 4 is 18.1 Å². The summed E-state index contributed by atoms with van der Waals surface area (Å²) in [5, 5.41) is 9.49. The number of hydrogen-bond acceptors (Lipinski definition) is 3. The lowest BCUT2D eigenvalue weighted by Crippen LogP contribution is -1.91. The molecule has 0 fully saturated rings. The number of aliphatic hydroxyl groups excluding tert-OH is 1. The number of imidazole rings is 1. The van der Waals surface area contributed by atoms with Crippen LogP contribution in [0, 0.1) is 0 Å². The Kier molecular flexibility index (Phi) is 4.19. The third-order valence-corrected chi connectivity index (χ3v) is 3.77. The van der Waals surface area contributed by atoms with Crippen molar-refractivity contribution in [3.05, 3.63) is 72.9 Å². The van der Waals surface area contributed by atoms with E-state index in [4.69, 9.17) is 4.42 Å². The molecule has 4 nitrogen and oxygen atoms in total. The molecular formula is C18H15ClN2O2. The third kappa shape index (κ3) is 2.74. The zero-order chi connectivity index (χ0) is 14.9. The first-order chi connectivity index (χ1) is 10.8. The van der Waals surface area contributed by atoms with Crippen LogP contribution < -0.4 is 0 Å². The lowest BCUT2D eigenvalue weighted by molar-refractivity contribution is 0.282. The van der Waals surface area contributed by atoms with Gasteiger partial charge in [0.1, 0.15) is 5.65 Å². The Balaban J connectivity index is 0.00000156. The van der Waals surface area contributed by atoms with Crippen molar-refractivity contribution in [2.45, 2.75) is 6.61 Å². The van der Waals surface area contributed by atoms with Crippen molar-refractivity contribution in [2.24, 2.45) is 0 Å². The molecule has 4 rings (SSSR count). The van der Waals surface area contributed by atoms with Gasteiger partial charge in [-0.25, -0.2) is 4.98 Å². The van der Waals surface area contributed by atoms with Crippen molar-refractivity contribution in [2.75, 3.05) is 0 Å². The second kappa shape index (κ2) is 6.28. The van der Waals surface area contributed by atoms with Gasteiger partial charge >= 0.3 is 0 Å². The summed E-state index contributed by atoms with van der Waals surface area (Å²) in [4.78, 5) is 4.59. The van der Waals surface area contributed by atoms with E-state index in [1.54, 1.807) is 12.5 Å². The number of benzene rings is 1. The van der Waals surface area contributed by atoms with Crippen molar-refractivity contribution in [1.29, 1.82) is 0 Å². The first-order valence-corrected chi connectivity index (χ1v) is 7.05. The molecule has 0 aliphatic heterocycles. The van der Waals surface area contributed by atoms with E-state index in [0.717, 1.165) is 33.6 Å². The molecule has 3 aromatic heterocycles. The van der Waals surface area contributed by atoms with E-state index in [9.17, 15) is 5.11 Å². The fourth-order valence-electron chi connectivity index (χ4n) is 2.64. The molecule has 23 heavy (non-hydrogen) atoms. The van der Waals surface area contributed by atoms with Gasteiger partial charge in [-0.3, -0.25) is 0 Å². The fourth-order valence-corrected chi connectivity index (χ4v) is 2.64. The first-order valence-electron chi connectivity index (χ1n) is 7.05. The van der Waals surface area contributed by atoms with Crippen molar-refractivity contribution in [3.8, 4) is 22.4 Å². The highest BCUT2D eigenvalue weighted by molar-refractivity contribution is 5.85. The van der Waals surface area contributed by atoms with Crippen molar-refractivity contribution in [1.82, 2.24) is 9.38 Å². The highest BCUT2D eigenvalue weighted by Crippen LogP contribution is 2.26. The first kappa shape index (κ1) is 15.3. The molecule has 0 bridgehead atoms. The highest BCUT2D eigenvalue weighted by Gasteiger charge is 2.08. The summed E-state index contributed by atoms with van der Waals surface area (Å²) < 4.78 is 7.10. The maximum absolute atomic E-state index is 9.49. The number of fused-ring (bicyclic) bond motifs is 1. The van der Waals surface area contributed by atoms with Crippen LogP contribution in [0.15, 0.2) is 71.8 Å². The standard InChI is InChI=1S/C18H14N2O2.ClH/c21-11-14-3-1-2-4-16(14)13-5-6-18-19-17(10-20(18)9-13)15-7-8-22-12-15;/h1-10,12,21H,11H2;1H. The Morgan fingerprint density at radius 3 is 2.65 bits per heavy atom. The number of pyridine rings is 1. The van der Waals surface area contributed by atoms with Crippen LogP contribution in [-0.4, -0.2) is 14.5 Å². The summed E-state index contributed by atoms with van der Waals surface area (Å²) >= 11 is 0. The zero-order valence-corrected chi connectivity index (χ0v) is 13.0. The van der Waals surface area contributed by atoms with Crippen LogP contribution in [0.4, 0.5) is 0 Å². The number of hydrogen-bond donors (Lipinski definition) is 1. The molecule has 0 amide bonds. The molecule has 0 saturated carbocycles. The molecule has 116 valence electrons. The summed E-state index contributed by atoms with van der Waals surface area (Å²) in [5.41, 5.74) is 5.71. The number of furan rings is 1. The highest BCUT2D eigenvalue weighted by atomic mass is 35.5. The van der Waals surface area contributed by atoms with Gasteiger partial charge in [-0.15, -0.1) is 12.4 Å². The molecule has 1 N–H and O–H groups in total. The third-order valence-electron chi connectivity index (χ3n) is 3.77. The van der Waals surface area contributed by atoms with Crippen LogP contribution >= 0.6 is 12.4 Å². The number of aliphatic hydroxyl groups is 1. The molecule has 4 aromatic rings. The zero-order valence-electron chi connectivity index (χ0n) is 12.2. The summed E-state index contributed by atoms with van der Waals surface area (Å²) in [6.45, 7) is 0.0262. The Labute approximate surface area is 139 Å². The normalized spacial score (nSPS) is 10.7. The van der Waals surface area contributed by atoms with Gasteiger partial charge in [0, 0.05) is 18.0 Å². The van der Waals surface area contributed by atoms with Crippen LogP contribution in [-0.2, 0) is 6.61 Å². The Hall–Kier alpha value is -2.56. The molecule has 0 atom stereocenters. The van der Waals surface area contributed by atoms with Crippen LogP contribution in [0.25, 0.3) is 28.0 Å². The van der Waals surface area contributed by atoms with Gasteiger partial charge in [0.15, 0.2) is 0 Å². The van der Waals surface area contributed by atoms with Gasteiger partial charge in [0.2, 0.25) is 0 Å². The average Bonchev–Trinajstić information content (AvgIpc) is 3.23. The maximum atomic E-state index is 9.49. The molecule has 0 spiro atoms. The molecular weight excluding hydrogens is 312 g/mol. The summed E-state index contributed by atoms with van der Waals surface area (Å²) in [7, 11) is 0. The lowest BCUT2D eigenvalue weighted by Gasteiger charge is -2.07. The molecule has 5 heteroatoms. The van der Waals surface area contributed by atoms with E-state index in [-0.39, 0.29) is 19.0 Å². The minimum atomic E-state index is 0. The molecule has 0 saturated heterocycles. The van der Waals surface area contributed by atoms with Crippen LogP contribution in [0.2, 0.25) is 0 Å². The average molecular weight is 327 g/mol. The van der Waals surface area contributed by atoms with Crippen LogP contribution in [0.5, 0.6) is 0 Å². The monoisotopic (exact) mass is 326 g/mol. The van der Waals surface area contributed by atoms with Gasteiger partial charge < -0.3 is 13.9 Å². The molecule has 0 aliphatic carbocycles. The van der Waals surface area contributed by atoms with Crippen LogP contribution in [0.3, 0.4) is 0 Å². The van der Waals surface area contributed by atoms with E-state index >= 15 is 0 Å². The van der Waals surface area contributed by atoms with Gasteiger partial charge in [0.05, 0.1) is 24.8 Å². The van der Waals surface area contributed by atoms with E-state index in [0.29, 0.717) is 0 Å². The Morgan fingerprint density at radius 1 is 1.00 bits per heavy atom. The topological polar surface area (TPSA) is 50.7 Å². The Morgan fingerprint density at radius 2 is 1.87 bits per heavy atom. The second-order valence-corrected chi connectivity index (χ2v) is 5.14. The number of rotatable bonds is 3. The van der Waals surface area contributed by atoms with Gasteiger partial charge in [0.25, 0.3) is 0 Å². The molecule has 0 aliphatic rings. The number of nitrogens with zero attached hydrogens (tertiary/aromatic N) is 2. The summed E-state index contributed by atoms with van der Waals surface area (Å²) in [5.74, 6) is 0. The van der Waals surface area contributed by atoms with Gasteiger partial charge in [-0.2, -0.15) is 0 Å². The van der Waals surface area contributed by atoms with E-state index < -0.39 is 0 Å². The quantitative estimate of drug-likeness (QED) is 0.614. The van der Waals surface area contributed by atoms with Crippen molar-refractivity contribution < 1.29 is 9.52 Å². The van der Waals surface area contributed by atoms with Gasteiger partial charge in [-0.1, -0.05) is 24.3 Å². The predicted octanol–water partition coefficient (Wildman–Crippen LogP) is 4.18. The SMILES string of the molecule is Cl.OCc1ccccc1-c1ccc2nc(-c3ccoc3)cn2c1. The molecule has 3 heterocycles. The maximum Gasteiger partial charge on any atom is 0.137 e. The Bertz CT molecular complexity index is 929. The van der Waals surface area contributed by atoms with E-state index in [1.165, 1.54) is 0 Å². The minimum Gasteiger partial charge on any atom is -0.472 e. The molecule has 0 unspecified atom stereocenters. The van der Waals surface area contributed by atoms with E-state index in [2.05, 4.69) is 4.98 Å². The summed E-state index contributed by atoms with van der Waals surface area (Å²) in [6, 6.07) is 13.8. The number of aromatic nitrogens is 2. The van der Waals surface area contributed by atoms with Crippen molar-refractivity contribution in [3.63, 3.8) is 0 Å². The fraction of sp³-hybridized carbons (Fsp3) is 0.0556. The lowest BCUT2D eigenvalue weighted by atomic mass is 10.0. The van der Waals surface area contributed by atoms with E-state index in [1.807, 2.05) is 59.3 Å². The molecule has 0 radical (unpaired) electrons. The molecule has 1 aromatic carbocycles. The predicted molar refractivity (Wildman–Crippen MR) is 91.5 cm³/mol. The van der Waals surface area contributed by atoms with Crippen LogP contribution in [0.1, 0.15) is 5.56 Å². The smallest absolute Gasteiger partial charge is 0.137 e. The largest absolute Gasteiger partial charge is 0.472 e. The second-order valence-electron chi connectivity index (χ2n) is 5.14. The number of halogens is 1. The van der Waals surface area contributed by atoms with Gasteiger partial charge in [-0.05, 0) is 34.9 Å². The summed E-state index contributed by atoms with van der Waals surface area (Å²) in [6.07, 6.45) is 7.33. The minimum absolute atomic E-state index is 0.